The fourth-order valence-electron chi connectivity index (χ4n) is 4.13. The summed E-state index contributed by atoms with van der Waals surface area (Å²) in [6.07, 6.45) is 4.12. The average molecular weight is 416 g/mol. The zero-order chi connectivity index (χ0) is 22.1. The Bertz CT molecular complexity index is 741. The van der Waals surface area contributed by atoms with Crippen molar-refractivity contribution in [2.45, 2.75) is 72.4 Å². The summed E-state index contributed by atoms with van der Waals surface area (Å²) in [4.78, 5) is 40.4. The Morgan fingerprint density at radius 1 is 1.13 bits per heavy atom. The second-order valence-corrected chi connectivity index (χ2v) is 8.29. The number of amides is 1. The van der Waals surface area contributed by atoms with Crippen LogP contribution in [0, 0.1) is 0 Å². The fourth-order valence-corrected chi connectivity index (χ4v) is 4.13. The fraction of sp³-hybridized carbons (Fsp3) is 0.625. The molecule has 2 rings (SSSR count). The number of anilines is 1. The minimum absolute atomic E-state index is 0.0355. The van der Waals surface area contributed by atoms with Gasteiger partial charge in [-0.2, -0.15) is 0 Å². The first-order chi connectivity index (χ1) is 14.4. The molecule has 1 aliphatic heterocycles. The maximum Gasteiger partial charge on any atom is 0.255 e. The third-order valence-corrected chi connectivity index (χ3v) is 5.61. The molecule has 6 heteroatoms. The molecule has 1 unspecified atom stereocenters. The van der Waals surface area contributed by atoms with Gasteiger partial charge < -0.3 is 19.9 Å². The van der Waals surface area contributed by atoms with E-state index < -0.39 is 6.04 Å². The Kier molecular flexibility index (Phi) is 9.50. The predicted molar refractivity (Wildman–Crippen MR) is 121 cm³/mol. The summed E-state index contributed by atoms with van der Waals surface area (Å²) in [6, 6.07) is 5.27. The van der Waals surface area contributed by atoms with Crippen molar-refractivity contribution in [2.24, 2.45) is 0 Å². The van der Waals surface area contributed by atoms with Gasteiger partial charge in [0.25, 0.3) is 5.91 Å². The molecular weight excluding hydrogens is 378 g/mol. The maximum absolute atomic E-state index is 12.8. The second-order valence-electron chi connectivity index (χ2n) is 8.29. The van der Waals surface area contributed by atoms with Crippen LogP contribution in [0.25, 0.3) is 0 Å². The Balaban J connectivity index is 1.94. The minimum atomic E-state index is -0.534. The molecule has 6 nitrogen and oxygen atoms in total. The average Bonchev–Trinajstić information content (AvgIpc) is 3.01. The van der Waals surface area contributed by atoms with Crippen LogP contribution in [0.2, 0.25) is 0 Å². The number of benzene rings is 1. The molecule has 0 saturated heterocycles. The van der Waals surface area contributed by atoms with Gasteiger partial charge in [0, 0.05) is 30.8 Å². The number of nitrogens with zero attached hydrogens (tertiary/aromatic N) is 2. The Morgan fingerprint density at radius 2 is 1.83 bits per heavy atom. The Labute approximate surface area is 181 Å². The predicted octanol–water partition coefficient (Wildman–Crippen LogP) is 3.89. The van der Waals surface area contributed by atoms with Crippen LogP contribution in [0.15, 0.2) is 18.2 Å². The zero-order valence-corrected chi connectivity index (χ0v) is 19.0. The summed E-state index contributed by atoms with van der Waals surface area (Å²) < 4.78 is 0. The Hall–Kier alpha value is -2.21. The number of ketones is 2. The lowest BCUT2D eigenvalue weighted by molar-refractivity contribution is -0.122. The number of nitrogens with one attached hydrogen (secondary N) is 1. The van der Waals surface area contributed by atoms with Gasteiger partial charge in [0.15, 0.2) is 5.78 Å². The molecule has 0 fully saturated rings. The number of rotatable bonds is 14. The lowest BCUT2D eigenvalue weighted by Gasteiger charge is -2.25. The highest BCUT2D eigenvalue weighted by Crippen LogP contribution is 2.29. The van der Waals surface area contributed by atoms with Gasteiger partial charge in [-0.1, -0.05) is 13.8 Å². The highest BCUT2D eigenvalue weighted by molar-refractivity contribution is 6.01. The zero-order valence-electron chi connectivity index (χ0n) is 19.0. The van der Waals surface area contributed by atoms with E-state index >= 15 is 0 Å². The van der Waals surface area contributed by atoms with Gasteiger partial charge in [-0.3, -0.25) is 9.59 Å². The number of carbonyl (C=O) groups is 3. The van der Waals surface area contributed by atoms with Crippen LogP contribution in [0.3, 0.4) is 0 Å². The topological polar surface area (TPSA) is 69.7 Å². The monoisotopic (exact) mass is 415 g/mol. The highest BCUT2D eigenvalue weighted by Gasteiger charge is 2.34. The third-order valence-electron chi connectivity index (χ3n) is 5.61. The van der Waals surface area contributed by atoms with Gasteiger partial charge in [0.05, 0.1) is 6.04 Å². The van der Waals surface area contributed by atoms with Gasteiger partial charge in [-0.25, -0.2) is 0 Å². The molecule has 0 saturated carbocycles. The van der Waals surface area contributed by atoms with Crippen LogP contribution in [-0.2, 0) is 16.1 Å². The van der Waals surface area contributed by atoms with Crippen molar-refractivity contribution in [2.75, 3.05) is 31.5 Å². The van der Waals surface area contributed by atoms with Crippen LogP contribution >= 0.6 is 0 Å². The largest absolute Gasteiger partial charge is 0.385 e. The van der Waals surface area contributed by atoms with Crippen molar-refractivity contribution in [3.63, 3.8) is 0 Å². The normalized spacial score (nSPS) is 14.2. The summed E-state index contributed by atoms with van der Waals surface area (Å²) >= 11 is 0. The molecule has 1 heterocycles. The quantitative estimate of drug-likeness (QED) is 0.467. The second kappa shape index (κ2) is 11.8. The molecular formula is C24H37N3O3. The molecule has 0 aliphatic carbocycles. The summed E-state index contributed by atoms with van der Waals surface area (Å²) in [6.45, 7) is 12.1. The van der Waals surface area contributed by atoms with Crippen molar-refractivity contribution < 1.29 is 14.4 Å². The summed E-state index contributed by atoms with van der Waals surface area (Å²) in [5.74, 6) is -0.150. The maximum atomic E-state index is 12.8. The van der Waals surface area contributed by atoms with Crippen molar-refractivity contribution in [1.29, 1.82) is 0 Å². The molecule has 30 heavy (non-hydrogen) atoms. The minimum Gasteiger partial charge on any atom is -0.385 e. The van der Waals surface area contributed by atoms with E-state index in [1.165, 1.54) is 26.7 Å². The van der Waals surface area contributed by atoms with E-state index in [1.54, 1.807) is 4.90 Å². The van der Waals surface area contributed by atoms with Gasteiger partial charge in [-0.15, -0.1) is 0 Å². The molecule has 1 N–H and O–H groups in total. The first-order valence-corrected chi connectivity index (χ1v) is 11.3. The van der Waals surface area contributed by atoms with E-state index in [4.69, 9.17) is 0 Å². The molecule has 166 valence electrons. The molecule has 1 aromatic rings. The first-order valence-electron chi connectivity index (χ1n) is 11.3. The number of fused-ring (bicyclic) bond motifs is 1. The van der Waals surface area contributed by atoms with Crippen LogP contribution in [0.5, 0.6) is 0 Å². The van der Waals surface area contributed by atoms with E-state index in [0.717, 1.165) is 43.9 Å². The van der Waals surface area contributed by atoms with Gasteiger partial charge in [0.2, 0.25) is 0 Å². The van der Waals surface area contributed by atoms with Crippen LogP contribution < -0.4 is 5.32 Å². The smallest absolute Gasteiger partial charge is 0.255 e. The summed E-state index contributed by atoms with van der Waals surface area (Å²) in [5, 5.41) is 3.47. The molecule has 0 bridgehead atoms. The number of carbonyl (C=O) groups excluding carboxylic acids is 3. The number of Topliss-reactive ketones (excluding diaryl/α,β-unsaturated/α-hetero) is 2. The van der Waals surface area contributed by atoms with Crippen molar-refractivity contribution in [1.82, 2.24) is 9.80 Å². The molecule has 1 aromatic carbocycles. The molecule has 1 aliphatic rings. The van der Waals surface area contributed by atoms with Gasteiger partial charge in [-0.05, 0) is 82.9 Å². The van der Waals surface area contributed by atoms with Crippen LogP contribution in [-0.4, -0.2) is 59.5 Å². The SMILES string of the molecule is CCCN(CCC)CCCNc1ccc2c(c1)CN(C(CCC(C)=O)C(C)=O)C2=O. The van der Waals surface area contributed by atoms with E-state index in [0.29, 0.717) is 24.9 Å². The molecule has 0 spiro atoms. The lowest BCUT2D eigenvalue weighted by atomic mass is 10.0. The summed E-state index contributed by atoms with van der Waals surface area (Å²) in [7, 11) is 0. The molecule has 1 amide bonds. The highest BCUT2D eigenvalue weighted by atomic mass is 16.2. The van der Waals surface area contributed by atoms with Gasteiger partial charge in [0.1, 0.15) is 5.78 Å². The standard InChI is InChI=1S/C24H37N3O3/c1-5-13-26(14-6-2)15-7-12-25-21-9-10-22-20(16-21)17-27(24(22)30)23(19(4)29)11-8-18(3)28/h9-10,16,23,25H,5-8,11-15,17H2,1-4H3. The van der Waals surface area contributed by atoms with Crippen LogP contribution in [0.1, 0.15) is 75.7 Å². The molecule has 1 atom stereocenters. The molecule has 0 aromatic heterocycles. The number of hydrogen-bond acceptors (Lipinski definition) is 5. The van der Waals surface area contributed by atoms with Gasteiger partial charge >= 0.3 is 0 Å². The summed E-state index contributed by atoms with van der Waals surface area (Å²) in [5.41, 5.74) is 2.61. The third kappa shape index (κ3) is 6.66. The van der Waals surface area contributed by atoms with Crippen molar-refractivity contribution in [3.05, 3.63) is 29.3 Å². The number of hydrogen-bond donors (Lipinski definition) is 1. The van der Waals surface area contributed by atoms with E-state index in [9.17, 15) is 14.4 Å². The van der Waals surface area contributed by atoms with E-state index in [2.05, 4.69) is 24.1 Å². The van der Waals surface area contributed by atoms with E-state index in [-0.39, 0.29) is 17.5 Å². The van der Waals surface area contributed by atoms with Crippen molar-refractivity contribution >= 4 is 23.2 Å². The van der Waals surface area contributed by atoms with Crippen LogP contribution in [0.4, 0.5) is 5.69 Å². The lowest BCUT2D eigenvalue weighted by Crippen LogP contribution is -2.40. The van der Waals surface area contributed by atoms with E-state index in [1.807, 2.05) is 18.2 Å². The molecule has 0 radical (unpaired) electrons. The Morgan fingerprint density at radius 3 is 2.43 bits per heavy atom. The first kappa shape index (κ1) is 24.1. The van der Waals surface area contributed by atoms with Crippen molar-refractivity contribution in [3.8, 4) is 0 Å².